The van der Waals surface area contributed by atoms with Crippen molar-refractivity contribution in [2.75, 3.05) is 13.1 Å². The Hall–Kier alpha value is -2.38. The molecule has 3 rings (SSSR count). The van der Waals surface area contributed by atoms with Gasteiger partial charge in [0, 0.05) is 24.7 Å². The van der Waals surface area contributed by atoms with E-state index in [9.17, 15) is 14.4 Å². The standard InChI is InChI=1S/C21H23ClN2O4S/c1-14(19(25)23-13-15-4-6-17(22)7-5-15)28-21(27)16-8-10-24(11-9-16)20(26)18-3-2-12-29-18/h2-7,12,14,16H,8-11,13H2,1H3,(H,23,25). The Kier molecular flexibility index (Phi) is 7.28. The summed E-state index contributed by atoms with van der Waals surface area (Å²) in [4.78, 5) is 39.5. The molecule has 29 heavy (non-hydrogen) atoms. The summed E-state index contributed by atoms with van der Waals surface area (Å²) in [6.45, 7) is 2.91. The molecule has 0 radical (unpaired) electrons. The van der Waals surface area contributed by atoms with E-state index in [4.69, 9.17) is 16.3 Å². The number of halogens is 1. The van der Waals surface area contributed by atoms with Crippen LogP contribution in [0.15, 0.2) is 41.8 Å². The highest BCUT2D eigenvalue weighted by atomic mass is 35.5. The number of carbonyl (C=O) groups excluding carboxylic acids is 3. The number of rotatable bonds is 6. The van der Waals surface area contributed by atoms with Crippen LogP contribution in [0.3, 0.4) is 0 Å². The van der Waals surface area contributed by atoms with Gasteiger partial charge in [0.2, 0.25) is 0 Å². The second kappa shape index (κ2) is 9.89. The summed E-state index contributed by atoms with van der Waals surface area (Å²) < 4.78 is 5.35. The van der Waals surface area contributed by atoms with Gasteiger partial charge in [-0.05, 0) is 48.9 Å². The molecule has 2 aromatic rings. The summed E-state index contributed by atoms with van der Waals surface area (Å²) in [6.07, 6.45) is 0.199. The minimum Gasteiger partial charge on any atom is -0.452 e. The van der Waals surface area contributed by atoms with Gasteiger partial charge in [0.1, 0.15) is 0 Å². The highest BCUT2D eigenvalue weighted by molar-refractivity contribution is 7.12. The van der Waals surface area contributed by atoms with Crippen LogP contribution in [0.4, 0.5) is 0 Å². The van der Waals surface area contributed by atoms with Gasteiger partial charge in [0.05, 0.1) is 10.8 Å². The molecule has 0 spiro atoms. The van der Waals surface area contributed by atoms with Crippen LogP contribution in [0.25, 0.3) is 0 Å². The topological polar surface area (TPSA) is 75.7 Å². The predicted octanol–water partition coefficient (Wildman–Crippen LogP) is 3.50. The van der Waals surface area contributed by atoms with Crippen molar-refractivity contribution in [3.8, 4) is 0 Å². The molecule has 154 valence electrons. The molecule has 1 N–H and O–H groups in total. The largest absolute Gasteiger partial charge is 0.452 e. The number of thiophene rings is 1. The van der Waals surface area contributed by atoms with Crippen LogP contribution in [-0.4, -0.2) is 41.9 Å². The van der Waals surface area contributed by atoms with Crippen LogP contribution in [0.1, 0.15) is 35.0 Å². The zero-order valence-corrected chi connectivity index (χ0v) is 17.7. The number of hydrogen-bond donors (Lipinski definition) is 1. The molecule has 6 nitrogen and oxygen atoms in total. The molecule has 0 saturated carbocycles. The number of piperidine rings is 1. The molecule has 2 heterocycles. The van der Waals surface area contributed by atoms with E-state index in [0.717, 1.165) is 5.56 Å². The molecule has 8 heteroatoms. The lowest BCUT2D eigenvalue weighted by Gasteiger charge is -2.31. The van der Waals surface area contributed by atoms with E-state index in [0.29, 0.717) is 42.4 Å². The van der Waals surface area contributed by atoms with Gasteiger partial charge in [-0.1, -0.05) is 29.8 Å². The maximum atomic E-state index is 12.4. The van der Waals surface area contributed by atoms with Gasteiger partial charge < -0.3 is 15.0 Å². The van der Waals surface area contributed by atoms with Crippen molar-refractivity contribution in [2.24, 2.45) is 5.92 Å². The number of carbonyl (C=O) groups is 3. The number of amides is 2. The summed E-state index contributed by atoms with van der Waals surface area (Å²) in [5, 5.41) is 5.25. The van der Waals surface area contributed by atoms with Gasteiger partial charge in [-0.2, -0.15) is 0 Å². The van der Waals surface area contributed by atoms with E-state index in [1.165, 1.54) is 11.3 Å². The third-order valence-corrected chi connectivity index (χ3v) is 6.00. The molecule has 1 aromatic carbocycles. The highest BCUT2D eigenvalue weighted by Crippen LogP contribution is 2.22. The summed E-state index contributed by atoms with van der Waals surface area (Å²) >= 11 is 7.26. The number of ether oxygens (including phenoxy) is 1. The predicted molar refractivity (Wildman–Crippen MR) is 112 cm³/mol. The Morgan fingerprint density at radius 3 is 2.52 bits per heavy atom. The second-order valence-electron chi connectivity index (χ2n) is 6.97. The average molecular weight is 435 g/mol. The van der Waals surface area contributed by atoms with E-state index >= 15 is 0 Å². The number of hydrogen-bond acceptors (Lipinski definition) is 5. The van der Waals surface area contributed by atoms with Crippen molar-refractivity contribution in [1.29, 1.82) is 0 Å². The fraction of sp³-hybridized carbons (Fsp3) is 0.381. The minimum atomic E-state index is -0.874. The van der Waals surface area contributed by atoms with E-state index in [-0.39, 0.29) is 23.7 Å². The van der Waals surface area contributed by atoms with Crippen molar-refractivity contribution >= 4 is 40.7 Å². The normalized spacial score (nSPS) is 15.6. The maximum absolute atomic E-state index is 12.4. The molecule has 1 unspecified atom stereocenters. The number of nitrogens with one attached hydrogen (secondary N) is 1. The fourth-order valence-electron chi connectivity index (χ4n) is 3.13. The summed E-state index contributed by atoms with van der Waals surface area (Å²) in [5.41, 5.74) is 0.907. The molecule has 1 saturated heterocycles. The molecule has 1 aromatic heterocycles. The average Bonchev–Trinajstić information content (AvgIpc) is 3.27. The lowest BCUT2D eigenvalue weighted by molar-refractivity contribution is -0.160. The van der Waals surface area contributed by atoms with Gasteiger partial charge in [-0.25, -0.2) is 0 Å². The maximum Gasteiger partial charge on any atom is 0.309 e. The van der Waals surface area contributed by atoms with E-state index < -0.39 is 6.10 Å². The van der Waals surface area contributed by atoms with Crippen LogP contribution < -0.4 is 5.32 Å². The molecule has 1 aliphatic rings. The Morgan fingerprint density at radius 1 is 1.21 bits per heavy atom. The molecule has 0 bridgehead atoms. The van der Waals surface area contributed by atoms with E-state index in [1.807, 2.05) is 23.6 Å². The number of benzene rings is 1. The van der Waals surface area contributed by atoms with Gasteiger partial charge in [-0.15, -0.1) is 11.3 Å². The Balaban J connectivity index is 1.42. The quantitative estimate of drug-likeness (QED) is 0.706. The first-order chi connectivity index (χ1) is 13.9. The Labute approximate surface area is 178 Å². The van der Waals surface area contributed by atoms with Crippen molar-refractivity contribution < 1.29 is 19.1 Å². The van der Waals surface area contributed by atoms with Crippen molar-refractivity contribution in [2.45, 2.75) is 32.4 Å². The minimum absolute atomic E-state index is 0.00163. The first kappa shape index (κ1) is 21.3. The number of esters is 1. The Bertz CT molecular complexity index is 846. The third-order valence-electron chi connectivity index (χ3n) is 4.89. The van der Waals surface area contributed by atoms with Crippen LogP contribution in [-0.2, 0) is 20.9 Å². The zero-order chi connectivity index (χ0) is 20.8. The van der Waals surface area contributed by atoms with Crippen LogP contribution in [0.5, 0.6) is 0 Å². The molecule has 2 amide bonds. The fourth-order valence-corrected chi connectivity index (χ4v) is 3.95. The van der Waals surface area contributed by atoms with Gasteiger partial charge in [0.25, 0.3) is 11.8 Å². The van der Waals surface area contributed by atoms with E-state index in [1.54, 1.807) is 30.0 Å². The highest BCUT2D eigenvalue weighted by Gasteiger charge is 2.30. The first-order valence-electron chi connectivity index (χ1n) is 9.49. The third kappa shape index (κ3) is 5.81. The van der Waals surface area contributed by atoms with Gasteiger partial charge in [-0.3, -0.25) is 14.4 Å². The molecular weight excluding hydrogens is 412 g/mol. The Morgan fingerprint density at radius 2 is 1.90 bits per heavy atom. The van der Waals surface area contributed by atoms with Crippen molar-refractivity contribution in [1.82, 2.24) is 10.2 Å². The van der Waals surface area contributed by atoms with Crippen LogP contribution >= 0.6 is 22.9 Å². The van der Waals surface area contributed by atoms with Crippen LogP contribution in [0, 0.1) is 5.92 Å². The van der Waals surface area contributed by atoms with Crippen molar-refractivity contribution in [3.05, 3.63) is 57.2 Å². The summed E-state index contributed by atoms with van der Waals surface area (Å²) in [7, 11) is 0. The molecule has 1 atom stereocenters. The summed E-state index contributed by atoms with van der Waals surface area (Å²) in [5.74, 6) is -1.03. The number of likely N-dealkylation sites (tertiary alicyclic amines) is 1. The smallest absolute Gasteiger partial charge is 0.309 e. The second-order valence-corrected chi connectivity index (χ2v) is 8.35. The molecular formula is C21H23ClN2O4S. The molecule has 0 aliphatic carbocycles. The number of nitrogens with zero attached hydrogens (tertiary/aromatic N) is 1. The lowest BCUT2D eigenvalue weighted by Crippen LogP contribution is -2.42. The molecule has 1 aliphatic heterocycles. The van der Waals surface area contributed by atoms with Crippen molar-refractivity contribution in [3.63, 3.8) is 0 Å². The van der Waals surface area contributed by atoms with E-state index in [2.05, 4.69) is 5.32 Å². The summed E-state index contributed by atoms with van der Waals surface area (Å²) in [6, 6.07) is 10.8. The SMILES string of the molecule is CC(OC(=O)C1CCN(C(=O)c2cccs2)CC1)C(=O)NCc1ccc(Cl)cc1. The first-order valence-corrected chi connectivity index (χ1v) is 10.7. The van der Waals surface area contributed by atoms with Crippen LogP contribution in [0.2, 0.25) is 5.02 Å². The molecule has 1 fully saturated rings. The lowest BCUT2D eigenvalue weighted by atomic mass is 9.97. The van der Waals surface area contributed by atoms with Gasteiger partial charge in [0.15, 0.2) is 6.10 Å². The van der Waals surface area contributed by atoms with Gasteiger partial charge >= 0.3 is 5.97 Å². The zero-order valence-electron chi connectivity index (χ0n) is 16.1. The monoisotopic (exact) mass is 434 g/mol.